The predicted molar refractivity (Wildman–Crippen MR) is 33.7 cm³/mol. The van der Waals surface area contributed by atoms with E-state index in [1.165, 1.54) is 0 Å². The number of fused-ring (bicyclic) bond motifs is 1. The fourth-order valence-electron chi connectivity index (χ4n) is 0.886. The minimum atomic E-state index is -1.13. The van der Waals surface area contributed by atoms with E-state index in [1.54, 1.807) is 12.1 Å². The van der Waals surface area contributed by atoms with Crippen LogP contribution in [0, 0.1) is 0 Å². The zero-order valence-corrected chi connectivity index (χ0v) is 5.15. The highest BCUT2D eigenvalue weighted by molar-refractivity contribution is 5.41. The maximum absolute atomic E-state index is 8.81. The van der Waals surface area contributed by atoms with Gasteiger partial charge in [0, 0.05) is 0 Å². The van der Waals surface area contributed by atoms with Gasteiger partial charge < -0.3 is 14.6 Å². The molecule has 0 radical (unpaired) electrons. The summed E-state index contributed by atoms with van der Waals surface area (Å²) in [6.07, 6.45) is 0. The van der Waals surface area contributed by atoms with E-state index in [1.807, 2.05) is 12.1 Å². The van der Waals surface area contributed by atoms with E-state index in [9.17, 15) is 0 Å². The number of hydrogen-bond donors (Lipinski definition) is 1. The summed E-state index contributed by atoms with van der Waals surface area (Å²) in [7, 11) is 0. The van der Waals surface area contributed by atoms with Gasteiger partial charge in [-0.15, -0.1) is 0 Å². The average molecular weight is 138 g/mol. The predicted octanol–water partition coefficient (Wildman–Crippen LogP) is 0.734. The number of rotatable bonds is 0. The summed E-state index contributed by atoms with van der Waals surface area (Å²) in [6.45, 7) is -1.13. The van der Waals surface area contributed by atoms with Crippen LogP contribution in [-0.4, -0.2) is 11.6 Å². The normalized spacial score (nSPS) is 15.7. The van der Waals surface area contributed by atoms with Crippen molar-refractivity contribution in [1.82, 2.24) is 0 Å². The molecule has 3 heteroatoms. The lowest BCUT2D eigenvalue weighted by molar-refractivity contribution is -0.133. The minimum Gasteiger partial charge on any atom is -0.428 e. The van der Waals surface area contributed by atoms with Crippen LogP contribution in [0.3, 0.4) is 0 Å². The third-order valence-corrected chi connectivity index (χ3v) is 1.30. The fraction of sp³-hybridized carbons (Fsp3) is 0.143. The molecule has 0 saturated heterocycles. The SMILES string of the molecule is OC1Oc2ccccc2O1. The highest BCUT2D eigenvalue weighted by atomic mass is 16.8. The van der Waals surface area contributed by atoms with Gasteiger partial charge in [-0.25, -0.2) is 0 Å². The Morgan fingerprint density at radius 2 is 1.60 bits per heavy atom. The zero-order chi connectivity index (χ0) is 6.97. The summed E-state index contributed by atoms with van der Waals surface area (Å²) >= 11 is 0. The largest absolute Gasteiger partial charge is 0.428 e. The molecule has 1 aliphatic rings. The lowest BCUT2D eigenvalue weighted by Gasteiger charge is -1.97. The van der Waals surface area contributed by atoms with Crippen molar-refractivity contribution in [2.45, 2.75) is 6.48 Å². The minimum absolute atomic E-state index is 0.593. The van der Waals surface area contributed by atoms with Crippen LogP contribution >= 0.6 is 0 Å². The first-order valence-corrected chi connectivity index (χ1v) is 2.97. The van der Waals surface area contributed by atoms with Crippen molar-refractivity contribution in [3.05, 3.63) is 24.3 Å². The van der Waals surface area contributed by atoms with Crippen molar-refractivity contribution in [3.8, 4) is 11.5 Å². The summed E-state index contributed by atoms with van der Waals surface area (Å²) in [5, 5.41) is 8.81. The quantitative estimate of drug-likeness (QED) is 0.574. The molecular formula is C7H6O3. The highest BCUT2D eigenvalue weighted by Gasteiger charge is 2.19. The molecule has 0 aliphatic carbocycles. The van der Waals surface area contributed by atoms with E-state index in [4.69, 9.17) is 14.6 Å². The first-order chi connectivity index (χ1) is 4.86. The van der Waals surface area contributed by atoms with Crippen molar-refractivity contribution in [1.29, 1.82) is 0 Å². The van der Waals surface area contributed by atoms with E-state index in [2.05, 4.69) is 0 Å². The van der Waals surface area contributed by atoms with Crippen LogP contribution in [0.5, 0.6) is 11.5 Å². The van der Waals surface area contributed by atoms with Crippen LogP contribution in [-0.2, 0) is 0 Å². The molecule has 0 saturated carbocycles. The number of para-hydroxylation sites is 2. The third kappa shape index (κ3) is 0.717. The van der Waals surface area contributed by atoms with Crippen LogP contribution in [0.4, 0.5) is 0 Å². The summed E-state index contributed by atoms with van der Waals surface area (Å²) < 4.78 is 9.68. The van der Waals surface area contributed by atoms with Crippen molar-refractivity contribution in [3.63, 3.8) is 0 Å². The van der Waals surface area contributed by atoms with Crippen LogP contribution in [0.1, 0.15) is 0 Å². The maximum Gasteiger partial charge on any atom is 0.358 e. The van der Waals surface area contributed by atoms with E-state index in [-0.39, 0.29) is 0 Å². The number of aliphatic hydroxyl groups is 1. The van der Waals surface area contributed by atoms with Gasteiger partial charge in [-0.1, -0.05) is 12.1 Å². The van der Waals surface area contributed by atoms with Gasteiger partial charge in [0.25, 0.3) is 0 Å². The molecule has 0 fully saturated rings. The van der Waals surface area contributed by atoms with E-state index >= 15 is 0 Å². The van der Waals surface area contributed by atoms with E-state index in [0.717, 1.165) is 0 Å². The van der Waals surface area contributed by atoms with Gasteiger partial charge >= 0.3 is 6.48 Å². The lowest BCUT2D eigenvalue weighted by Crippen LogP contribution is -2.15. The topological polar surface area (TPSA) is 38.7 Å². The molecule has 2 rings (SSSR count). The second-order valence-electron chi connectivity index (χ2n) is 1.99. The van der Waals surface area contributed by atoms with Gasteiger partial charge in [0.2, 0.25) is 0 Å². The zero-order valence-electron chi connectivity index (χ0n) is 5.15. The van der Waals surface area contributed by atoms with Gasteiger partial charge in [0.15, 0.2) is 11.5 Å². The maximum atomic E-state index is 8.81. The van der Waals surface area contributed by atoms with Gasteiger partial charge in [0.1, 0.15) is 0 Å². The van der Waals surface area contributed by atoms with Gasteiger partial charge in [-0.2, -0.15) is 0 Å². The molecule has 1 N–H and O–H groups in total. The Morgan fingerprint density at radius 1 is 1.10 bits per heavy atom. The molecule has 10 heavy (non-hydrogen) atoms. The average Bonchev–Trinajstić information content (AvgIpc) is 2.27. The second kappa shape index (κ2) is 1.88. The molecule has 1 heterocycles. The summed E-state index contributed by atoms with van der Waals surface area (Å²) in [5.74, 6) is 1.19. The number of ether oxygens (including phenoxy) is 2. The Bertz CT molecular complexity index is 221. The van der Waals surface area contributed by atoms with Gasteiger partial charge in [-0.3, -0.25) is 0 Å². The molecular weight excluding hydrogens is 132 g/mol. The molecule has 3 nitrogen and oxygen atoms in total. The molecule has 0 amide bonds. The fourth-order valence-corrected chi connectivity index (χ4v) is 0.886. The highest BCUT2D eigenvalue weighted by Crippen LogP contribution is 2.32. The first-order valence-electron chi connectivity index (χ1n) is 2.97. The Hall–Kier alpha value is -1.22. The molecule has 0 unspecified atom stereocenters. The number of hydrogen-bond acceptors (Lipinski definition) is 3. The Morgan fingerprint density at radius 3 is 2.10 bits per heavy atom. The monoisotopic (exact) mass is 138 g/mol. The van der Waals surface area contributed by atoms with Crippen molar-refractivity contribution < 1.29 is 14.6 Å². The van der Waals surface area contributed by atoms with Crippen molar-refractivity contribution in [2.75, 3.05) is 0 Å². The summed E-state index contributed by atoms with van der Waals surface area (Å²) in [4.78, 5) is 0. The molecule has 0 aromatic heterocycles. The summed E-state index contributed by atoms with van der Waals surface area (Å²) in [6, 6.07) is 7.12. The third-order valence-electron chi connectivity index (χ3n) is 1.30. The van der Waals surface area contributed by atoms with Crippen molar-refractivity contribution in [2.24, 2.45) is 0 Å². The Balaban J connectivity index is 2.42. The molecule has 1 aromatic carbocycles. The van der Waals surface area contributed by atoms with Crippen LogP contribution in [0.25, 0.3) is 0 Å². The molecule has 0 spiro atoms. The van der Waals surface area contributed by atoms with Crippen LogP contribution in [0.2, 0.25) is 0 Å². The van der Waals surface area contributed by atoms with Crippen LogP contribution < -0.4 is 9.47 Å². The van der Waals surface area contributed by atoms with E-state index < -0.39 is 6.48 Å². The van der Waals surface area contributed by atoms with Crippen molar-refractivity contribution >= 4 is 0 Å². The standard InChI is InChI=1S/C7H6O3/c8-7-9-5-3-1-2-4-6(5)10-7/h1-4,7-8H. The number of benzene rings is 1. The van der Waals surface area contributed by atoms with E-state index in [0.29, 0.717) is 11.5 Å². The first kappa shape index (κ1) is 5.56. The summed E-state index contributed by atoms with van der Waals surface area (Å²) in [5.41, 5.74) is 0. The Kier molecular flexibility index (Phi) is 1.05. The molecule has 52 valence electrons. The molecule has 0 atom stereocenters. The molecule has 1 aliphatic heterocycles. The van der Waals surface area contributed by atoms with Gasteiger partial charge in [-0.05, 0) is 12.1 Å². The number of aliphatic hydroxyl groups excluding tert-OH is 1. The molecule has 1 aromatic rings. The van der Waals surface area contributed by atoms with Crippen LogP contribution in [0.15, 0.2) is 24.3 Å². The Labute approximate surface area is 57.8 Å². The smallest absolute Gasteiger partial charge is 0.358 e. The van der Waals surface area contributed by atoms with Gasteiger partial charge in [0.05, 0.1) is 0 Å². The lowest BCUT2D eigenvalue weighted by atomic mass is 10.3. The second-order valence-corrected chi connectivity index (χ2v) is 1.99. The molecule has 0 bridgehead atoms.